The van der Waals surface area contributed by atoms with Crippen molar-refractivity contribution in [1.82, 2.24) is 0 Å². The first-order valence-corrected chi connectivity index (χ1v) is 20.3. The Morgan fingerprint density at radius 1 is 0.446 bits per heavy atom. The smallest absolute Gasteiger partial charge is 0.252 e. The van der Waals surface area contributed by atoms with Gasteiger partial charge in [-0.2, -0.15) is 0 Å². The molecule has 0 radical (unpaired) electrons. The summed E-state index contributed by atoms with van der Waals surface area (Å²) in [5, 5.41) is 0. The monoisotopic (exact) mass is 721 g/mol. The molecule has 0 aromatic heterocycles. The summed E-state index contributed by atoms with van der Waals surface area (Å²) in [5.41, 5.74) is 22.3. The molecule has 7 aromatic carbocycles. The van der Waals surface area contributed by atoms with Crippen LogP contribution in [0.1, 0.15) is 86.4 Å². The first-order chi connectivity index (χ1) is 27.1. The van der Waals surface area contributed by atoms with Crippen LogP contribution in [0.5, 0.6) is 0 Å². The van der Waals surface area contributed by atoms with Crippen molar-refractivity contribution in [3.05, 3.63) is 191 Å². The standard InChI is InChI=1S/C52H44BN3/c1-50(2)36-22-12-10-20-34(36)46(35-21-11-13-23-37(35)50)32-30-44-47-45(31-32)56-49-41(27-17-29-43(49)55(52(56,5)6)33-18-8-7-9-19-33)53(47)40-26-16-25-39-48(40)54(44)42-28-15-14-24-38(42)51(39,3)4/h7-31,46H,1-6H3. The second-order valence-corrected chi connectivity index (χ2v) is 18.1. The summed E-state index contributed by atoms with van der Waals surface area (Å²) in [6, 6.07) is 57.9. The molecule has 0 saturated carbocycles. The zero-order valence-corrected chi connectivity index (χ0v) is 32.9. The third-order valence-corrected chi connectivity index (χ3v) is 14.2. The molecule has 4 aliphatic heterocycles. The lowest BCUT2D eigenvalue weighted by atomic mass is 9.33. The molecule has 1 aliphatic carbocycles. The maximum atomic E-state index is 2.70. The van der Waals surface area contributed by atoms with Gasteiger partial charge in [0.05, 0.1) is 17.1 Å². The number of rotatable bonds is 2. The average molecular weight is 722 g/mol. The number of anilines is 7. The summed E-state index contributed by atoms with van der Waals surface area (Å²) in [6.07, 6.45) is 0. The van der Waals surface area contributed by atoms with E-state index in [1.165, 1.54) is 95.1 Å². The van der Waals surface area contributed by atoms with Gasteiger partial charge in [-0.05, 0) is 106 Å². The van der Waals surface area contributed by atoms with Gasteiger partial charge in [0, 0.05) is 39.5 Å². The SMILES string of the molecule is CC1(C)c2ccccc2C(c2cc3c4c(c2)N2c5c(cccc5N(c5ccccc5)C2(C)C)B4c2cccc4c2N3c2ccccc2C4(C)C)c2ccccc21. The highest BCUT2D eigenvalue weighted by Crippen LogP contribution is 2.59. The van der Waals surface area contributed by atoms with Gasteiger partial charge in [-0.15, -0.1) is 0 Å². The van der Waals surface area contributed by atoms with Crippen LogP contribution in [0.25, 0.3) is 0 Å². The summed E-state index contributed by atoms with van der Waals surface area (Å²) in [7, 11) is 0. The zero-order valence-electron chi connectivity index (χ0n) is 32.9. The van der Waals surface area contributed by atoms with Gasteiger partial charge in [-0.3, -0.25) is 0 Å². The minimum absolute atomic E-state index is 0.0797. The number of para-hydroxylation sites is 4. The molecule has 0 N–H and O–H groups in total. The van der Waals surface area contributed by atoms with Crippen LogP contribution in [-0.4, -0.2) is 12.4 Å². The van der Waals surface area contributed by atoms with Crippen LogP contribution < -0.4 is 31.1 Å². The molecule has 4 heterocycles. The Morgan fingerprint density at radius 3 is 1.70 bits per heavy atom. The van der Waals surface area contributed by atoms with Gasteiger partial charge in [0.15, 0.2) is 0 Å². The molecule has 5 aliphatic rings. The fourth-order valence-electron chi connectivity index (χ4n) is 11.8. The van der Waals surface area contributed by atoms with Gasteiger partial charge in [0.25, 0.3) is 6.71 Å². The van der Waals surface area contributed by atoms with E-state index in [0.717, 1.165) is 0 Å². The highest BCUT2D eigenvalue weighted by atomic mass is 15.5. The molecule has 0 spiro atoms. The number of nitrogens with zero attached hydrogens (tertiary/aromatic N) is 3. The van der Waals surface area contributed by atoms with Crippen LogP contribution in [0, 0.1) is 0 Å². The molecule has 12 rings (SSSR count). The Labute approximate surface area is 330 Å². The molecule has 56 heavy (non-hydrogen) atoms. The Balaban J connectivity index is 1.23. The lowest BCUT2D eigenvalue weighted by molar-refractivity contribution is 0.540. The van der Waals surface area contributed by atoms with Crippen molar-refractivity contribution in [2.75, 3.05) is 14.7 Å². The molecule has 0 fully saturated rings. The Bertz CT molecular complexity index is 2780. The number of hydrogen-bond donors (Lipinski definition) is 0. The van der Waals surface area contributed by atoms with Crippen LogP contribution >= 0.6 is 0 Å². The van der Waals surface area contributed by atoms with E-state index >= 15 is 0 Å². The lowest BCUT2D eigenvalue weighted by Gasteiger charge is -2.51. The third kappa shape index (κ3) is 3.80. The molecule has 0 bridgehead atoms. The average Bonchev–Trinajstić information content (AvgIpc) is 3.46. The summed E-state index contributed by atoms with van der Waals surface area (Å²) in [6.45, 7) is 14.5. The summed E-state index contributed by atoms with van der Waals surface area (Å²) >= 11 is 0. The summed E-state index contributed by atoms with van der Waals surface area (Å²) in [4.78, 5) is 7.92. The van der Waals surface area contributed by atoms with E-state index in [4.69, 9.17) is 0 Å². The van der Waals surface area contributed by atoms with Crippen LogP contribution in [0.15, 0.2) is 152 Å². The molecule has 3 nitrogen and oxygen atoms in total. The molecule has 270 valence electrons. The second-order valence-electron chi connectivity index (χ2n) is 18.1. The fraction of sp³-hybridized carbons (Fsp3) is 0.192. The van der Waals surface area contributed by atoms with Gasteiger partial charge in [0.1, 0.15) is 5.66 Å². The summed E-state index contributed by atoms with van der Waals surface area (Å²) < 4.78 is 0. The molecule has 0 unspecified atom stereocenters. The van der Waals surface area contributed by atoms with E-state index in [1.807, 2.05) is 0 Å². The van der Waals surface area contributed by atoms with E-state index < -0.39 is 5.66 Å². The van der Waals surface area contributed by atoms with E-state index in [9.17, 15) is 0 Å². The fourth-order valence-corrected chi connectivity index (χ4v) is 11.8. The van der Waals surface area contributed by atoms with Crippen molar-refractivity contribution in [2.45, 2.75) is 64.0 Å². The van der Waals surface area contributed by atoms with Crippen LogP contribution in [0.3, 0.4) is 0 Å². The third-order valence-electron chi connectivity index (χ3n) is 14.2. The van der Waals surface area contributed by atoms with E-state index in [0.29, 0.717) is 0 Å². The van der Waals surface area contributed by atoms with Crippen molar-refractivity contribution in [3.8, 4) is 0 Å². The van der Waals surface area contributed by atoms with E-state index in [1.54, 1.807) is 0 Å². The minimum Gasteiger partial charge on any atom is -0.317 e. The maximum Gasteiger partial charge on any atom is 0.252 e. The Morgan fingerprint density at radius 2 is 0.982 bits per heavy atom. The molecule has 4 heteroatoms. The number of hydrogen-bond acceptors (Lipinski definition) is 3. The molecule has 0 atom stereocenters. The first-order valence-electron chi connectivity index (χ1n) is 20.3. The minimum atomic E-state index is -0.397. The maximum absolute atomic E-state index is 2.70. The normalized spacial score (nSPS) is 18.0. The molecule has 0 saturated heterocycles. The number of fused-ring (bicyclic) bond motifs is 8. The van der Waals surface area contributed by atoms with Crippen LogP contribution in [0.4, 0.5) is 39.8 Å². The number of benzene rings is 7. The van der Waals surface area contributed by atoms with Gasteiger partial charge in [-0.1, -0.05) is 143 Å². The largest absolute Gasteiger partial charge is 0.317 e. The lowest BCUT2D eigenvalue weighted by Crippen LogP contribution is -2.64. The van der Waals surface area contributed by atoms with Crippen LogP contribution in [0.2, 0.25) is 0 Å². The Kier molecular flexibility index (Phi) is 6.13. The second kappa shape index (κ2) is 10.6. The van der Waals surface area contributed by atoms with Gasteiger partial charge >= 0.3 is 0 Å². The van der Waals surface area contributed by atoms with Gasteiger partial charge in [0.2, 0.25) is 0 Å². The van der Waals surface area contributed by atoms with Crippen molar-refractivity contribution in [3.63, 3.8) is 0 Å². The molecular formula is C52H44BN3. The molecule has 0 amide bonds. The van der Waals surface area contributed by atoms with Crippen molar-refractivity contribution in [1.29, 1.82) is 0 Å². The first kappa shape index (κ1) is 32.3. The summed E-state index contributed by atoms with van der Waals surface area (Å²) in [5.74, 6) is 0.0797. The van der Waals surface area contributed by atoms with Crippen molar-refractivity contribution < 1.29 is 0 Å². The molecule has 7 aromatic rings. The van der Waals surface area contributed by atoms with Crippen molar-refractivity contribution in [2.24, 2.45) is 0 Å². The predicted molar refractivity (Wildman–Crippen MR) is 235 cm³/mol. The van der Waals surface area contributed by atoms with Gasteiger partial charge in [-0.25, -0.2) is 0 Å². The quantitative estimate of drug-likeness (QED) is 0.165. The Hall–Kier alpha value is -6.00. The molecular weight excluding hydrogens is 677 g/mol. The highest BCUT2D eigenvalue weighted by molar-refractivity contribution is 7.00. The van der Waals surface area contributed by atoms with E-state index in [2.05, 4.69) is 208 Å². The predicted octanol–water partition coefficient (Wildman–Crippen LogP) is 10.8. The zero-order chi connectivity index (χ0) is 37.9. The topological polar surface area (TPSA) is 9.72 Å². The van der Waals surface area contributed by atoms with Gasteiger partial charge < -0.3 is 14.7 Å². The van der Waals surface area contributed by atoms with E-state index in [-0.39, 0.29) is 23.5 Å². The van der Waals surface area contributed by atoms with Crippen LogP contribution in [-0.2, 0) is 10.8 Å². The highest BCUT2D eigenvalue weighted by Gasteiger charge is 2.54. The van der Waals surface area contributed by atoms with Crippen molar-refractivity contribution >= 4 is 62.9 Å².